The molecule has 1 fully saturated rings. The van der Waals surface area contributed by atoms with E-state index >= 15 is 0 Å². The number of hydrogen-bond acceptors (Lipinski definition) is 11. The van der Waals surface area contributed by atoms with Gasteiger partial charge >= 0.3 is 10.1 Å². The van der Waals surface area contributed by atoms with Crippen molar-refractivity contribution in [2.75, 3.05) is 43.6 Å². The molecule has 2 aromatic carbocycles. The summed E-state index contributed by atoms with van der Waals surface area (Å²) in [7, 11) is -0.808. The van der Waals surface area contributed by atoms with Gasteiger partial charge in [0.15, 0.2) is 18.2 Å². The highest BCUT2D eigenvalue weighted by molar-refractivity contribution is 7.86. The lowest BCUT2D eigenvalue weighted by molar-refractivity contribution is -0.122. The van der Waals surface area contributed by atoms with Crippen molar-refractivity contribution in [2.24, 2.45) is 7.05 Å². The smallest absolute Gasteiger partial charge is 0.300 e. The lowest BCUT2D eigenvalue weighted by Crippen LogP contribution is -2.39. The number of pyridine rings is 1. The first-order valence-electron chi connectivity index (χ1n) is 14.7. The zero-order valence-corrected chi connectivity index (χ0v) is 27.4. The van der Waals surface area contributed by atoms with Gasteiger partial charge in [-0.15, -0.1) is 0 Å². The summed E-state index contributed by atoms with van der Waals surface area (Å²) in [5, 5.41) is 6.72. The fourth-order valence-corrected chi connectivity index (χ4v) is 6.23. The number of anilines is 3. The molecule has 1 amide bonds. The zero-order chi connectivity index (χ0) is 33.0. The van der Waals surface area contributed by atoms with E-state index in [1.165, 1.54) is 23.9 Å². The fraction of sp³-hybridized carbons (Fsp3) is 0.355. The molecule has 2 aromatic heterocycles. The second-order valence-corrected chi connectivity index (χ2v) is 12.7. The van der Waals surface area contributed by atoms with Crippen LogP contribution < -0.4 is 30.6 Å². The van der Waals surface area contributed by atoms with Crippen LogP contribution in [-0.4, -0.2) is 68.3 Å². The maximum Gasteiger partial charge on any atom is 0.300 e. The molecule has 5 rings (SSSR count). The predicted molar refractivity (Wildman–Crippen MR) is 175 cm³/mol. The van der Waals surface area contributed by atoms with Crippen LogP contribution in [0.1, 0.15) is 25.3 Å². The second kappa shape index (κ2) is 13.9. The molecule has 0 aliphatic carbocycles. The summed E-state index contributed by atoms with van der Waals surface area (Å²) < 4.78 is 43.4. The van der Waals surface area contributed by atoms with Crippen molar-refractivity contribution < 1.29 is 26.9 Å². The van der Waals surface area contributed by atoms with Crippen LogP contribution in [0.2, 0.25) is 5.02 Å². The third kappa shape index (κ3) is 7.35. The summed E-state index contributed by atoms with van der Waals surface area (Å²) in [6.45, 7) is 4.40. The number of hydrogen-bond donors (Lipinski definition) is 2. The number of piperidine rings is 1. The number of benzene rings is 2. The van der Waals surface area contributed by atoms with Gasteiger partial charge in [0.05, 0.1) is 18.3 Å². The number of carbonyl (C=O) groups excluding carboxylic acids is 1. The third-order valence-corrected chi connectivity index (χ3v) is 9.18. The Bertz CT molecular complexity index is 1930. The van der Waals surface area contributed by atoms with E-state index in [2.05, 4.69) is 20.6 Å². The largest absolute Gasteiger partial charge is 0.489 e. The number of carbonyl (C=O) groups is 1. The Hall–Kier alpha value is -4.40. The fourth-order valence-electron chi connectivity index (χ4n) is 5.07. The highest BCUT2D eigenvalue weighted by atomic mass is 35.5. The molecule has 244 valence electrons. The van der Waals surface area contributed by atoms with Crippen molar-refractivity contribution in [3.63, 3.8) is 0 Å². The normalized spacial score (nSPS) is 13.9. The van der Waals surface area contributed by atoms with E-state index < -0.39 is 10.1 Å². The van der Waals surface area contributed by atoms with Crippen molar-refractivity contribution >= 4 is 56.0 Å². The monoisotopic (exact) mass is 670 g/mol. The van der Waals surface area contributed by atoms with Crippen molar-refractivity contribution in [1.82, 2.24) is 19.9 Å². The molecule has 46 heavy (non-hydrogen) atoms. The Morgan fingerprint density at radius 1 is 1.11 bits per heavy atom. The minimum absolute atomic E-state index is 0.0164. The van der Waals surface area contributed by atoms with Gasteiger partial charge in [0.25, 0.3) is 11.5 Å². The predicted octanol–water partition coefficient (Wildman–Crippen LogP) is 3.93. The van der Waals surface area contributed by atoms with Crippen LogP contribution in [-0.2, 0) is 26.1 Å². The maximum absolute atomic E-state index is 12.7. The number of aryl methyl sites for hydroxylation is 2. The second-order valence-electron chi connectivity index (χ2n) is 10.7. The van der Waals surface area contributed by atoms with E-state index in [0.717, 1.165) is 5.56 Å². The number of nitrogens with zero attached hydrogens (tertiary/aromatic N) is 4. The summed E-state index contributed by atoms with van der Waals surface area (Å²) in [6, 6.07) is 12.0. The van der Waals surface area contributed by atoms with Crippen molar-refractivity contribution in [3.05, 3.63) is 69.6 Å². The summed E-state index contributed by atoms with van der Waals surface area (Å²) >= 11 is 6.47. The van der Waals surface area contributed by atoms with Crippen molar-refractivity contribution in [3.8, 4) is 11.5 Å². The Morgan fingerprint density at radius 3 is 2.59 bits per heavy atom. The summed E-state index contributed by atoms with van der Waals surface area (Å²) in [6.07, 6.45) is 2.55. The Kier molecular flexibility index (Phi) is 9.99. The highest BCUT2D eigenvalue weighted by Crippen LogP contribution is 2.31. The first-order valence-corrected chi connectivity index (χ1v) is 16.5. The van der Waals surface area contributed by atoms with E-state index in [9.17, 15) is 18.0 Å². The van der Waals surface area contributed by atoms with Crippen LogP contribution in [0, 0.1) is 6.92 Å². The summed E-state index contributed by atoms with van der Waals surface area (Å²) in [5.41, 5.74) is 1.86. The number of amides is 1. The first-order chi connectivity index (χ1) is 22.0. The number of ether oxygens (including phenoxy) is 2. The Morgan fingerprint density at radius 2 is 1.87 bits per heavy atom. The minimum atomic E-state index is -3.93. The molecular formula is C31H35ClN6O7S. The van der Waals surface area contributed by atoms with E-state index in [1.54, 1.807) is 44.3 Å². The molecule has 3 heterocycles. The average molecular weight is 671 g/mol. The van der Waals surface area contributed by atoms with Gasteiger partial charge in [-0.05, 0) is 55.8 Å². The Balaban J connectivity index is 1.29. The molecule has 0 spiro atoms. The van der Waals surface area contributed by atoms with Gasteiger partial charge in [0.1, 0.15) is 21.8 Å². The number of aromatic nitrogens is 3. The molecule has 2 N–H and O–H groups in total. The van der Waals surface area contributed by atoms with Gasteiger partial charge in [-0.1, -0.05) is 17.7 Å². The number of fused-ring (bicyclic) bond motifs is 1. The summed E-state index contributed by atoms with van der Waals surface area (Å²) in [5.74, 6) is 0.864. The molecule has 13 nitrogen and oxygen atoms in total. The van der Waals surface area contributed by atoms with E-state index in [-0.39, 0.29) is 47.2 Å². The van der Waals surface area contributed by atoms with Gasteiger partial charge in [0.2, 0.25) is 5.95 Å². The van der Waals surface area contributed by atoms with E-state index in [1.807, 2.05) is 17.9 Å². The SMILES string of the molecule is CCOS(=O)(=O)c1ccc(C)cc1OC1CCN(c2ncc(Cl)c(Nc3ccc4c(c3)cc(OCC(=O)NC)c(=O)n4C)n2)CC1. The molecule has 1 aliphatic heterocycles. The van der Waals surface area contributed by atoms with Gasteiger partial charge < -0.3 is 29.6 Å². The van der Waals surface area contributed by atoms with Gasteiger partial charge in [-0.2, -0.15) is 13.4 Å². The van der Waals surface area contributed by atoms with Crippen LogP contribution in [0.3, 0.4) is 0 Å². The standard InChI is InChI=1S/C31H35ClN6O7S/c1-5-44-46(41,42)27-9-6-19(2)14-25(27)45-22-10-12-38(13-11-22)31-34-17-23(32)29(36-31)35-21-7-8-24-20(15-21)16-26(30(40)37(24)4)43-18-28(39)33-3/h6-9,14-17,22H,5,10-13,18H2,1-4H3,(H,33,39)(H,34,35,36). The molecular weight excluding hydrogens is 636 g/mol. The van der Waals surface area contributed by atoms with Crippen molar-refractivity contribution in [1.29, 1.82) is 0 Å². The van der Waals surface area contributed by atoms with Gasteiger partial charge in [-0.3, -0.25) is 13.8 Å². The molecule has 0 atom stereocenters. The quantitative estimate of drug-likeness (QED) is 0.223. The summed E-state index contributed by atoms with van der Waals surface area (Å²) in [4.78, 5) is 35.5. The van der Waals surface area contributed by atoms with Gasteiger partial charge in [-0.25, -0.2) is 4.98 Å². The highest BCUT2D eigenvalue weighted by Gasteiger charge is 2.27. The lowest BCUT2D eigenvalue weighted by atomic mass is 10.1. The number of halogens is 1. The van der Waals surface area contributed by atoms with Crippen LogP contribution in [0.25, 0.3) is 10.9 Å². The lowest BCUT2D eigenvalue weighted by Gasteiger charge is -2.32. The Labute approximate surface area is 271 Å². The maximum atomic E-state index is 12.7. The molecule has 15 heteroatoms. The van der Waals surface area contributed by atoms with E-state index in [0.29, 0.717) is 59.3 Å². The number of likely N-dealkylation sites (N-methyl/N-ethyl adjacent to an activating group) is 1. The van der Waals surface area contributed by atoms with Gasteiger partial charge in [0, 0.05) is 51.1 Å². The average Bonchev–Trinajstić information content (AvgIpc) is 3.03. The molecule has 0 bridgehead atoms. The molecule has 1 saturated heterocycles. The first kappa shape index (κ1) is 33.0. The molecule has 0 radical (unpaired) electrons. The minimum Gasteiger partial charge on any atom is -0.489 e. The van der Waals surface area contributed by atoms with Crippen LogP contribution in [0.5, 0.6) is 11.5 Å². The molecule has 0 unspecified atom stereocenters. The van der Waals surface area contributed by atoms with Crippen LogP contribution in [0.4, 0.5) is 17.5 Å². The van der Waals surface area contributed by atoms with Crippen LogP contribution >= 0.6 is 11.6 Å². The van der Waals surface area contributed by atoms with E-state index in [4.69, 9.17) is 25.3 Å². The topological polar surface area (TPSA) is 154 Å². The van der Waals surface area contributed by atoms with Crippen molar-refractivity contribution in [2.45, 2.75) is 37.7 Å². The van der Waals surface area contributed by atoms with Crippen LogP contribution in [0.15, 0.2) is 58.4 Å². The number of rotatable bonds is 11. The number of nitrogens with one attached hydrogen (secondary N) is 2. The third-order valence-electron chi connectivity index (χ3n) is 7.48. The zero-order valence-electron chi connectivity index (χ0n) is 25.9. The molecule has 4 aromatic rings. The molecule has 0 saturated carbocycles. The molecule has 1 aliphatic rings.